The molecule has 24 nitrogen and oxygen atoms in total. The molecule has 2 aromatic rings. The van der Waals surface area contributed by atoms with Gasteiger partial charge in [0.25, 0.3) is 11.6 Å². The number of aliphatic hydroxyl groups excluding tert-OH is 1. The molecule has 0 aliphatic rings. The van der Waals surface area contributed by atoms with Crippen molar-refractivity contribution >= 4 is 64.6 Å². The minimum atomic E-state index is -1.53. The molecule has 0 spiro atoms. The van der Waals surface area contributed by atoms with Crippen molar-refractivity contribution in [1.82, 2.24) is 31.9 Å². The van der Waals surface area contributed by atoms with Crippen LogP contribution in [0.3, 0.4) is 0 Å². The highest BCUT2D eigenvalue weighted by atomic mass is 16.6. The fraction of sp³-hybridized carbons (Fsp3) is 0.512. The number of benzene rings is 2. The monoisotopic (exact) mass is 939 g/mol. The quantitative estimate of drug-likeness (QED) is 0.0109. The Morgan fingerprint density at radius 1 is 0.687 bits per heavy atom. The van der Waals surface area contributed by atoms with Gasteiger partial charge in [-0.15, -0.1) is 0 Å². The van der Waals surface area contributed by atoms with Gasteiger partial charge in [0, 0.05) is 37.2 Å². The van der Waals surface area contributed by atoms with Crippen LogP contribution < -0.4 is 60.6 Å². The Hall–Kier alpha value is -7.37. The third-order valence-corrected chi connectivity index (χ3v) is 10.7. The number of nitrogens with one attached hydrogen (secondary N) is 6. The van der Waals surface area contributed by atoms with Gasteiger partial charge in [0.2, 0.25) is 41.4 Å². The molecule has 8 atom stereocenters. The number of nitrogens with zero attached hydrogens (tertiary/aromatic N) is 2. The number of carbonyl (C=O) groups excluding carboxylic acids is 8. The molecule has 0 fully saturated rings. The topological polar surface area (TPSA) is 415 Å². The normalized spacial score (nSPS) is 14.5. The molecule has 0 saturated heterocycles. The van der Waals surface area contributed by atoms with Gasteiger partial charge < -0.3 is 65.7 Å². The van der Waals surface area contributed by atoms with Gasteiger partial charge >= 0.3 is 0 Å². The summed E-state index contributed by atoms with van der Waals surface area (Å²) >= 11 is 0. The Morgan fingerprint density at radius 2 is 1.22 bits per heavy atom. The fourth-order valence-electron chi connectivity index (χ4n) is 6.57. The van der Waals surface area contributed by atoms with E-state index < -0.39 is 107 Å². The van der Waals surface area contributed by atoms with E-state index in [1.54, 1.807) is 26.0 Å². The minimum Gasteiger partial charge on any atom is -0.398 e. The predicted octanol–water partition coefficient (Wildman–Crippen LogP) is -1.64. The first-order valence-electron chi connectivity index (χ1n) is 21.8. The minimum absolute atomic E-state index is 0.00111. The zero-order valence-electron chi connectivity index (χ0n) is 38.1. The molecule has 2 aromatic carbocycles. The van der Waals surface area contributed by atoms with Crippen LogP contribution in [0.4, 0.5) is 11.4 Å². The van der Waals surface area contributed by atoms with Crippen LogP contribution in [0.5, 0.6) is 0 Å². The van der Waals surface area contributed by atoms with Crippen molar-refractivity contribution in [3.8, 4) is 0 Å². The molecule has 0 unspecified atom stereocenters. The van der Waals surface area contributed by atoms with Crippen LogP contribution in [0.15, 0.2) is 53.5 Å². The number of non-ortho nitro benzene ring substituents is 1. The standard InChI is InChI=1S/C43H65N13O11/c1-5-7-13-30(52-41(64)34(23(3)6-2)54-42(65)35(24(4)57)55-37(60)27-11-8-9-12-28(27)44)38(61)53-32(22-25-15-17-26(18-16-25)56(66)67)40(63)51-31(19-20-33(45)58)39(62)50-29(36(46)59)14-10-21-49-43(47)48/h8-9,11-12,15-18,23-24,29-32,34-35,57H,5-7,10,13-14,19-22,44H2,1-4H3,(H2,45,58)(H2,46,59)(H,50,62)(H,51,63)(H,52,64)(H,53,61)(H,54,65)(H,55,60)(H4,47,48,49)/t23-,24+,29-,30-,31-,32-,34-,35-/m0/s1. The second-order valence-electron chi connectivity index (χ2n) is 16.0. The van der Waals surface area contributed by atoms with Crippen molar-refractivity contribution in [3.63, 3.8) is 0 Å². The third kappa shape index (κ3) is 18.9. The lowest BCUT2D eigenvalue weighted by atomic mass is 9.96. The molecule has 17 N–H and O–H groups in total. The summed E-state index contributed by atoms with van der Waals surface area (Å²) in [5.41, 5.74) is 27.8. The van der Waals surface area contributed by atoms with Crippen LogP contribution in [0.1, 0.15) is 95.0 Å². The summed E-state index contributed by atoms with van der Waals surface area (Å²) in [6, 6.07) is 2.75. The lowest BCUT2D eigenvalue weighted by Crippen LogP contribution is -2.61. The number of aliphatic imine (C=N–C) groups is 1. The molecule has 0 aliphatic heterocycles. The van der Waals surface area contributed by atoms with Gasteiger partial charge in [0.05, 0.1) is 16.6 Å². The molecule has 8 amide bonds. The number of nitro benzene ring substituents is 1. The number of aliphatic hydroxyl groups is 1. The number of hydrogen-bond donors (Lipinski definition) is 12. The fourth-order valence-corrected chi connectivity index (χ4v) is 6.57. The van der Waals surface area contributed by atoms with E-state index in [0.717, 1.165) is 0 Å². The highest BCUT2D eigenvalue weighted by Gasteiger charge is 2.36. The number of guanidine groups is 1. The van der Waals surface area contributed by atoms with Crippen molar-refractivity contribution in [1.29, 1.82) is 0 Å². The molecule has 2 rings (SSSR count). The van der Waals surface area contributed by atoms with Gasteiger partial charge in [0.1, 0.15) is 36.3 Å². The Balaban J connectivity index is 2.47. The van der Waals surface area contributed by atoms with E-state index in [0.29, 0.717) is 24.8 Å². The average molecular weight is 940 g/mol. The number of amides is 8. The summed E-state index contributed by atoms with van der Waals surface area (Å²) in [4.78, 5) is 122. The Morgan fingerprint density at radius 3 is 1.76 bits per heavy atom. The zero-order valence-corrected chi connectivity index (χ0v) is 38.1. The van der Waals surface area contributed by atoms with E-state index in [1.807, 2.05) is 6.92 Å². The lowest BCUT2D eigenvalue weighted by molar-refractivity contribution is -0.384. The second kappa shape index (κ2) is 27.8. The third-order valence-electron chi connectivity index (χ3n) is 10.7. The van der Waals surface area contributed by atoms with Gasteiger partial charge in [-0.2, -0.15) is 0 Å². The number of unbranched alkanes of at least 4 members (excludes halogenated alkanes) is 1. The molecular weight excluding hydrogens is 875 g/mol. The molecule has 67 heavy (non-hydrogen) atoms. The number of hydrogen-bond acceptors (Lipinski definition) is 13. The summed E-state index contributed by atoms with van der Waals surface area (Å²) in [7, 11) is 0. The smallest absolute Gasteiger partial charge is 0.269 e. The van der Waals surface area contributed by atoms with Crippen LogP contribution in [-0.2, 0) is 40.0 Å². The molecule has 0 aromatic heterocycles. The summed E-state index contributed by atoms with van der Waals surface area (Å²) < 4.78 is 0. The number of primary amides is 2. The molecule has 24 heteroatoms. The van der Waals surface area contributed by atoms with Crippen molar-refractivity contribution < 1.29 is 48.4 Å². The molecule has 368 valence electrons. The van der Waals surface area contributed by atoms with Crippen LogP contribution in [0.2, 0.25) is 0 Å². The van der Waals surface area contributed by atoms with Crippen LogP contribution >= 0.6 is 0 Å². The molecule has 0 radical (unpaired) electrons. The molecule has 0 saturated carbocycles. The van der Waals surface area contributed by atoms with Crippen molar-refractivity contribution in [3.05, 3.63) is 69.8 Å². The molecule has 0 bridgehead atoms. The number of rotatable bonds is 29. The molecule has 0 heterocycles. The number of nitro groups is 1. The summed E-state index contributed by atoms with van der Waals surface area (Å²) in [5, 5.41) is 37.2. The van der Waals surface area contributed by atoms with Crippen molar-refractivity contribution in [2.75, 3.05) is 12.3 Å². The van der Waals surface area contributed by atoms with Crippen molar-refractivity contribution in [2.45, 2.75) is 128 Å². The number of para-hydroxylation sites is 1. The van der Waals surface area contributed by atoms with Gasteiger partial charge in [-0.05, 0) is 56.2 Å². The largest absolute Gasteiger partial charge is 0.398 e. The van der Waals surface area contributed by atoms with Crippen LogP contribution in [-0.4, -0.2) is 112 Å². The summed E-state index contributed by atoms with van der Waals surface area (Å²) in [6.07, 6.45) is -0.865. The van der Waals surface area contributed by atoms with Gasteiger partial charge in [-0.3, -0.25) is 53.5 Å². The van der Waals surface area contributed by atoms with Crippen LogP contribution in [0, 0.1) is 16.0 Å². The SMILES string of the molecule is CCCC[C@H](NC(=O)[C@@H](NC(=O)[C@@H](NC(=O)c1ccccc1N)[C@@H](C)O)[C@@H](C)CC)C(=O)N[C@@H](Cc1ccc([N+](=O)[O-])cc1)C(=O)N[C@@H](CCC(N)=O)C(=O)N[C@@H](CCCN=C(N)N)C(N)=O. The first-order chi connectivity index (χ1) is 31.6. The molecule has 0 aliphatic carbocycles. The average Bonchev–Trinajstić information content (AvgIpc) is 3.27. The maximum absolute atomic E-state index is 14.2. The molecular formula is C43H65N13O11. The lowest BCUT2D eigenvalue weighted by Gasteiger charge is -2.30. The van der Waals surface area contributed by atoms with Crippen molar-refractivity contribution in [2.24, 2.45) is 33.8 Å². The first-order valence-corrected chi connectivity index (χ1v) is 21.8. The van der Waals surface area contributed by atoms with Gasteiger partial charge in [0.15, 0.2) is 5.96 Å². The highest BCUT2D eigenvalue weighted by Crippen LogP contribution is 2.16. The van der Waals surface area contributed by atoms with E-state index in [4.69, 9.17) is 28.7 Å². The highest BCUT2D eigenvalue weighted by molar-refractivity contribution is 6.02. The maximum atomic E-state index is 14.2. The Labute approximate surface area is 387 Å². The summed E-state index contributed by atoms with van der Waals surface area (Å²) in [6.45, 7) is 6.64. The van der Waals surface area contributed by atoms with E-state index in [2.05, 4.69) is 36.9 Å². The van der Waals surface area contributed by atoms with Gasteiger partial charge in [-0.1, -0.05) is 64.3 Å². The van der Waals surface area contributed by atoms with E-state index in [-0.39, 0.29) is 61.5 Å². The summed E-state index contributed by atoms with van der Waals surface area (Å²) in [5.74, 6) is -7.69. The van der Waals surface area contributed by atoms with E-state index >= 15 is 0 Å². The van der Waals surface area contributed by atoms with E-state index in [9.17, 15) is 53.6 Å². The maximum Gasteiger partial charge on any atom is 0.269 e. The number of nitrogens with two attached hydrogens (primary N) is 5. The first kappa shape index (κ1) is 55.8. The number of nitrogen functional groups attached to an aromatic ring is 1. The van der Waals surface area contributed by atoms with Crippen LogP contribution in [0.25, 0.3) is 0 Å². The number of anilines is 1. The van der Waals surface area contributed by atoms with E-state index in [1.165, 1.54) is 43.3 Å². The van der Waals surface area contributed by atoms with Gasteiger partial charge in [-0.25, -0.2) is 0 Å². The Bertz CT molecular complexity index is 2080. The number of carbonyl (C=O) groups is 8. The second-order valence-corrected chi connectivity index (χ2v) is 16.0. The Kier molecular flexibility index (Phi) is 23.2. The zero-order chi connectivity index (χ0) is 50.4. The predicted molar refractivity (Wildman–Crippen MR) is 247 cm³/mol.